The molecule has 2 atom stereocenters. The molecule has 2 nitrogen and oxygen atoms in total. The number of rotatable bonds is 3. The summed E-state index contributed by atoms with van der Waals surface area (Å²) >= 11 is 5.81. The van der Waals surface area contributed by atoms with Gasteiger partial charge in [0.15, 0.2) is 0 Å². The summed E-state index contributed by atoms with van der Waals surface area (Å²) in [5.41, 5.74) is 2.05. The third-order valence-corrected chi connectivity index (χ3v) is 3.72. The van der Waals surface area contributed by atoms with Crippen LogP contribution in [0.4, 0.5) is 5.69 Å². The van der Waals surface area contributed by atoms with Crippen LogP contribution in [-0.4, -0.2) is 5.91 Å². The molecule has 96 valence electrons. The first-order valence-electron chi connectivity index (χ1n) is 6.35. The van der Waals surface area contributed by atoms with E-state index in [4.69, 9.17) is 11.6 Å². The van der Waals surface area contributed by atoms with Gasteiger partial charge in [0.1, 0.15) is 0 Å². The molecule has 1 aliphatic carbocycles. The van der Waals surface area contributed by atoms with Crippen LogP contribution >= 0.6 is 11.6 Å². The second kappa shape index (κ2) is 5.06. The number of hydrogen-bond donors (Lipinski definition) is 1. The molecule has 1 fully saturated rings. The largest absolute Gasteiger partial charge is 0.326 e. The standard InChI is InChI=1S/C16H14ClNO/c17-12-6-8-13(9-7-12)18-16(19)15-10-14(15)11-4-2-1-3-5-11/h1-9,14-15H,10H2,(H,18,19)/t14-,15-/m0/s1. The summed E-state index contributed by atoms with van der Waals surface area (Å²) in [7, 11) is 0. The molecule has 19 heavy (non-hydrogen) atoms. The zero-order valence-corrected chi connectivity index (χ0v) is 11.1. The summed E-state index contributed by atoms with van der Waals surface area (Å²) in [6.07, 6.45) is 0.934. The van der Waals surface area contributed by atoms with Crippen LogP contribution in [0.3, 0.4) is 0 Å². The minimum absolute atomic E-state index is 0.0937. The minimum atomic E-state index is 0.0937. The summed E-state index contributed by atoms with van der Waals surface area (Å²) in [4.78, 5) is 12.1. The van der Waals surface area contributed by atoms with Crippen molar-refractivity contribution in [2.45, 2.75) is 12.3 Å². The van der Waals surface area contributed by atoms with Crippen molar-refractivity contribution in [2.24, 2.45) is 5.92 Å². The Balaban J connectivity index is 1.63. The lowest BCUT2D eigenvalue weighted by Crippen LogP contribution is -2.14. The molecule has 3 rings (SSSR count). The number of halogens is 1. The smallest absolute Gasteiger partial charge is 0.228 e. The second-order valence-corrected chi connectivity index (χ2v) is 5.29. The molecular formula is C16H14ClNO. The van der Waals surface area contributed by atoms with Crippen molar-refractivity contribution in [1.29, 1.82) is 0 Å². The second-order valence-electron chi connectivity index (χ2n) is 4.86. The normalized spacial score (nSPS) is 20.9. The fourth-order valence-electron chi connectivity index (χ4n) is 2.32. The lowest BCUT2D eigenvalue weighted by Gasteiger charge is -2.05. The Kier molecular flexibility index (Phi) is 3.26. The number of amides is 1. The van der Waals surface area contributed by atoms with E-state index in [9.17, 15) is 4.79 Å². The van der Waals surface area contributed by atoms with E-state index in [0.717, 1.165) is 12.1 Å². The zero-order chi connectivity index (χ0) is 13.2. The van der Waals surface area contributed by atoms with Gasteiger partial charge in [-0.25, -0.2) is 0 Å². The lowest BCUT2D eigenvalue weighted by molar-refractivity contribution is -0.117. The first-order valence-corrected chi connectivity index (χ1v) is 6.73. The number of anilines is 1. The van der Waals surface area contributed by atoms with Gasteiger partial charge in [-0.2, -0.15) is 0 Å². The molecule has 1 amide bonds. The van der Waals surface area contributed by atoms with Crippen molar-refractivity contribution in [3.63, 3.8) is 0 Å². The van der Waals surface area contributed by atoms with Crippen molar-refractivity contribution in [3.05, 3.63) is 65.2 Å². The van der Waals surface area contributed by atoms with Gasteiger partial charge in [0.05, 0.1) is 0 Å². The average molecular weight is 272 g/mol. The van der Waals surface area contributed by atoms with Gasteiger partial charge >= 0.3 is 0 Å². The first-order chi connectivity index (χ1) is 9.24. The highest BCUT2D eigenvalue weighted by Crippen LogP contribution is 2.47. The van der Waals surface area contributed by atoms with Crippen LogP contribution in [0, 0.1) is 5.92 Å². The van der Waals surface area contributed by atoms with E-state index in [-0.39, 0.29) is 11.8 Å². The van der Waals surface area contributed by atoms with E-state index in [2.05, 4.69) is 17.4 Å². The molecule has 1 aliphatic rings. The molecule has 0 unspecified atom stereocenters. The monoisotopic (exact) mass is 271 g/mol. The summed E-state index contributed by atoms with van der Waals surface area (Å²) in [6, 6.07) is 17.4. The molecular weight excluding hydrogens is 258 g/mol. The molecule has 0 aliphatic heterocycles. The van der Waals surface area contributed by atoms with Gasteiger partial charge in [-0.15, -0.1) is 0 Å². The van der Waals surface area contributed by atoms with Gasteiger partial charge in [0, 0.05) is 16.6 Å². The van der Waals surface area contributed by atoms with Crippen molar-refractivity contribution in [1.82, 2.24) is 0 Å². The van der Waals surface area contributed by atoms with Crippen LogP contribution in [-0.2, 0) is 4.79 Å². The molecule has 1 saturated carbocycles. The SMILES string of the molecule is O=C(Nc1ccc(Cl)cc1)[C@H]1C[C@H]1c1ccccc1. The van der Waals surface area contributed by atoms with E-state index in [1.807, 2.05) is 30.3 Å². The quantitative estimate of drug-likeness (QED) is 0.895. The fraction of sp³-hybridized carbons (Fsp3) is 0.188. The lowest BCUT2D eigenvalue weighted by atomic mass is 10.1. The van der Waals surface area contributed by atoms with Crippen LogP contribution in [0.2, 0.25) is 5.02 Å². The van der Waals surface area contributed by atoms with Crippen LogP contribution in [0.5, 0.6) is 0 Å². The van der Waals surface area contributed by atoms with Crippen molar-refractivity contribution >= 4 is 23.2 Å². The summed E-state index contributed by atoms with van der Waals surface area (Å²) in [5, 5.41) is 3.61. The highest BCUT2D eigenvalue weighted by molar-refractivity contribution is 6.30. The third kappa shape index (κ3) is 2.79. The van der Waals surface area contributed by atoms with E-state index in [1.54, 1.807) is 12.1 Å². The predicted octanol–water partition coefficient (Wildman–Crippen LogP) is 4.08. The fourth-order valence-corrected chi connectivity index (χ4v) is 2.45. The maximum atomic E-state index is 12.1. The maximum absolute atomic E-state index is 12.1. The van der Waals surface area contributed by atoms with E-state index in [0.29, 0.717) is 10.9 Å². The van der Waals surface area contributed by atoms with Crippen LogP contribution in [0.15, 0.2) is 54.6 Å². The highest BCUT2D eigenvalue weighted by atomic mass is 35.5. The number of nitrogens with one attached hydrogen (secondary N) is 1. The molecule has 0 aromatic heterocycles. The molecule has 2 aromatic carbocycles. The molecule has 0 spiro atoms. The number of hydrogen-bond acceptors (Lipinski definition) is 1. The Hall–Kier alpha value is -1.80. The first kappa shape index (κ1) is 12.2. The zero-order valence-electron chi connectivity index (χ0n) is 10.3. The predicted molar refractivity (Wildman–Crippen MR) is 77.4 cm³/mol. The summed E-state index contributed by atoms with van der Waals surface area (Å²) < 4.78 is 0. The van der Waals surface area contributed by atoms with Crippen molar-refractivity contribution < 1.29 is 4.79 Å². The Morgan fingerprint density at radius 3 is 2.42 bits per heavy atom. The molecule has 3 heteroatoms. The molecule has 0 saturated heterocycles. The maximum Gasteiger partial charge on any atom is 0.228 e. The Bertz CT molecular complexity index is 579. The topological polar surface area (TPSA) is 29.1 Å². The van der Waals surface area contributed by atoms with Gasteiger partial charge in [-0.05, 0) is 42.2 Å². The molecule has 0 radical (unpaired) electrons. The van der Waals surface area contributed by atoms with Crippen molar-refractivity contribution in [3.8, 4) is 0 Å². The van der Waals surface area contributed by atoms with Gasteiger partial charge in [0.2, 0.25) is 5.91 Å². The number of carbonyl (C=O) groups excluding carboxylic acids is 1. The Morgan fingerprint density at radius 1 is 1.05 bits per heavy atom. The van der Waals surface area contributed by atoms with Gasteiger partial charge in [-0.1, -0.05) is 41.9 Å². The Labute approximate surface area is 117 Å². The van der Waals surface area contributed by atoms with Gasteiger partial charge in [-0.3, -0.25) is 4.79 Å². The minimum Gasteiger partial charge on any atom is -0.326 e. The van der Waals surface area contributed by atoms with Crippen LogP contribution in [0.1, 0.15) is 17.9 Å². The molecule has 2 aromatic rings. The third-order valence-electron chi connectivity index (χ3n) is 3.47. The van der Waals surface area contributed by atoms with E-state index in [1.165, 1.54) is 5.56 Å². The molecule has 0 bridgehead atoms. The van der Waals surface area contributed by atoms with Gasteiger partial charge in [0.25, 0.3) is 0 Å². The molecule has 0 heterocycles. The summed E-state index contributed by atoms with van der Waals surface area (Å²) in [6.45, 7) is 0. The van der Waals surface area contributed by atoms with E-state index >= 15 is 0 Å². The van der Waals surface area contributed by atoms with Gasteiger partial charge < -0.3 is 5.32 Å². The average Bonchev–Trinajstić information content (AvgIpc) is 3.23. The number of benzene rings is 2. The Morgan fingerprint density at radius 2 is 1.74 bits per heavy atom. The summed E-state index contributed by atoms with van der Waals surface area (Å²) in [5.74, 6) is 0.558. The van der Waals surface area contributed by atoms with Crippen molar-refractivity contribution in [2.75, 3.05) is 5.32 Å². The number of carbonyl (C=O) groups is 1. The van der Waals surface area contributed by atoms with Crippen LogP contribution < -0.4 is 5.32 Å². The molecule has 1 N–H and O–H groups in total. The highest BCUT2D eigenvalue weighted by Gasteiger charge is 2.43. The van der Waals surface area contributed by atoms with E-state index < -0.39 is 0 Å². The van der Waals surface area contributed by atoms with Crippen LogP contribution in [0.25, 0.3) is 0 Å².